The summed E-state index contributed by atoms with van der Waals surface area (Å²) in [4.78, 5) is 22.7. The number of esters is 1. The van der Waals surface area contributed by atoms with E-state index in [0.717, 1.165) is 32.1 Å². The first kappa shape index (κ1) is 28.1. The Morgan fingerprint density at radius 1 is 0.833 bits per heavy atom. The number of carboxylic acid groups (broad SMARTS) is 1. The average molecular weight is 422 g/mol. The number of aliphatic carboxylic acids is 1. The smallest absolute Gasteiger partial charge is 0.310 e. The Hall–Kier alpha value is -1.88. The maximum Gasteiger partial charge on any atom is 0.310 e. The number of rotatable bonds is 18. The SMILES string of the molecule is CCCCC/C=C\C/C=C\C/C=C\CCCCC(=O)O[C@@H](CCC(=O)[O-])[N+](C)(C)C. The minimum Gasteiger partial charge on any atom is -0.550 e. The van der Waals surface area contributed by atoms with Crippen molar-refractivity contribution in [3.05, 3.63) is 36.5 Å². The van der Waals surface area contributed by atoms with Gasteiger partial charge in [0.1, 0.15) is 0 Å². The highest BCUT2D eigenvalue weighted by atomic mass is 16.6. The molecule has 0 aromatic rings. The molecule has 0 rings (SSSR count). The van der Waals surface area contributed by atoms with Gasteiger partial charge in [-0.25, -0.2) is 0 Å². The van der Waals surface area contributed by atoms with Crippen LogP contribution in [0.2, 0.25) is 0 Å². The molecule has 0 aromatic heterocycles. The van der Waals surface area contributed by atoms with Gasteiger partial charge in [-0.1, -0.05) is 56.2 Å². The number of quaternary nitrogens is 1. The number of ether oxygens (including phenoxy) is 1. The Bertz CT molecular complexity index is 544. The Morgan fingerprint density at radius 3 is 1.87 bits per heavy atom. The molecule has 172 valence electrons. The summed E-state index contributed by atoms with van der Waals surface area (Å²) < 4.78 is 5.87. The highest BCUT2D eigenvalue weighted by Gasteiger charge is 2.27. The van der Waals surface area contributed by atoms with Crippen LogP contribution in [0.3, 0.4) is 0 Å². The number of allylic oxidation sites excluding steroid dienone is 6. The second kappa shape index (κ2) is 17.9. The molecular weight excluding hydrogens is 378 g/mol. The summed E-state index contributed by atoms with van der Waals surface area (Å²) in [6, 6.07) is 0. The number of nitrogens with zero attached hydrogens (tertiary/aromatic N) is 1. The van der Waals surface area contributed by atoms with E-state index >= 15 is 0 Å². The van der Waals surface area contributed by atoms with E-state index in [1.807, 2.05) is 21.1 Å². The van der Waals surface area contributed by atoms with Crippen molar-refractivity contribution in [2.24, 2.45) is 0 Å². The van der Waals surface area contributed by atoms with E-state index in [4.69, 9.17) is 4.74 Å². The Morgan fingerprint density at radius 2 is 1.37 bits per heavy atom. The molecule has 1 atom stereocenters. The lowest BCUT2D eigenvalue weighted by atomic mass is 10.1. The normalized spacial score (nSPS) is 13.5. The van der Waals surface area contributed by atoms with Crippen LogP contribution in [0.4, 0.5) is 0 Å². The van der Waals surface area contributed by atoms with Crippen molar-refractivity contribution in [2.45, 2.75) is 90.2 Å². The van der Waals surface area contributed by atoms with Gasteiger partial charge < -0.3 is 14.6 Å². The molecule has 0 saturated carbocycles. The van der Waals surface area contributed by atoms with Gasteiger partial charge in [-0.3, -0.25) is 9.28 Å². The van der Waals surface area contributed by atoms with Gasteiger partial charge in [0, 0.05) is 18.8 Å². The third kappa shape index (κ3) is 18.2. The molecule has 5 nitrogen and oxygen atoms in total. The van der Waals surface area contributed by atoms with Crippen LogP contribution in [-0.2, 0) is 14.3 Å². The first-order valence-electron chi connectivity index (χ1n) is 11.4. The van der Waals surface area contributed by atoms with Gasteiger partial charge in [0.2, 0.25) is 6.23 Å². The molecule has 0 aliphatic heterocycles. The molecule has 0 bridgehead atoms. The topological polar surface area (TPSA) is 66.4 Å². The fourth-order valence-corrected chi connectivity index (χ4v) is 2.88. The number of hydrogen-bond donors (Lipinski definition) is 0. The maximum absolute atomic E-state index is 12.1. The second-order valence-electron chi connectivity index (χ2n) is 8.60. The van der Waals surface area contributed by atoms with Gasteiger partial charge in [0.05, 0.1) is 21.1 Å². The number of carbonyl (C=O) groups is 2. The van der Waals surface area contributed by atoms with E-state index in [-0.39, 0.29) is 18.8 Å². The molecule has 0 amide bonds. The lowest BCUT2D eigenvalue weighted by molar-refractivity contribution is -0.917. The zero-order chi connectivity index (χ0) is 22.7. The monoisotopic (exact) mass is 421 g/mol. The number of carboxylic acids is 1. The molecule has 0 radical (unpaired) electrons. The second-order valence-corrected chi connectivity index (χ2v) is 8.60. The van der Waals surface area contributed by atoms with Gasteiger partial charge in [-0.2, -0.15) is 0 Å². The van der Waals surface area contributed by atoms with Crippen molar-refractivity contribution in [3.63, 3.8) is 0 Å². The summed E-state index contributed by atoms with van der Waals surface area (Å²) in [5, 5.41) is 10.7. The average Bonchev–Trinajstić information content (AvgIpc) is 2.67. The minimum absolute atomic E-state index is 0.109. The van der Waals surface area contributed by atoms with Crippen molar-refractivity contribution >= 4 is 11.9 Å². The third-order valence-corrected chi connectivity index (χ3v) is 4.75. The van der Waals surface area contributed by atoms with Crippen LogP contribution in [0.5, 0.6) is 0 Å². The molecule has 0 fully saturated rings. The zero-order valence-electron chi connectivity index (χ0n) is 19.6. The largest absolute Gasteiger partial charge is 0.550 e. The fraction of sp³-hybridized carbons (Fsp3) is 0.680. The maximum atomic E-state index is 12.1. The number of unbranched alkanes of at least 4 members (excludes halogenated alkanes) is 5. The summed E-state index contributed by atoms with van der Waals surface area (Å²) in [5.41, 5.74) is 0. The highest BCUT2D eigenvalue weighted by molar-refractivity contribution is 5.69. The molecular formula is C25H43NO4. The summed E-state index contributed by atoms with van der Waals surface area (Å²) in [6.45, 7) is 2.22. The van der Waals surface area contributed by atoms with Crippen LogP contribution in [0, 0.1) is 0 Å². The van der Waals surface area contributed by atoms with Gasteiger partial charge in [0.25, 0.3) is 0 Å². The van der Waals surface area contributed by atoms with Crippen molar-refractivity contribution in [1.29, 1.82) is 0 Å². The van der Waals surface area contributed by atoms with Crippen molar-refractivity contribution in [3.8, 4) is 0 Å². The van der Waals surface area contributed by atoms with Gasteiger partial charge >= 0.3 is 5.97 Å². The summed E-state index contributed by atoms with van der Waals surface area (Å²) >= 11 is 0. The molecule has 0 saturated heterocycles. The summed E-state index contributed by atoms with van der Waals surface area (Å²) in [5.74, 6) is -1.38. The van der Waals surface area contributed by atoms with E-state index in [2.05, 4.69) is 43.4 Å². The molecule has 5 heteroatoms. The molecule has 0 heterocycles. The Labute approximate surface area is 184 Å². The van der Waals surface area contributed by atoms with E-state index in [1.54, 1.807) is 0 Å². The third-order valence-electron chi connectivity index (χ3n) is 4.75. The van der Waals surface area contributed by atoms with Crippen molar-refractivity contribution in [1.82, 2.24) is 0 Å². The van der Waals surface area contributed by atoms with Crippen LogP contribution in [-0.4, -0.2) is 43.8 Å². The molecule has 0 spiro atoms. The Balaban J connectivity index is 3.84. The van der Waals surface area contributed by atoms with Crippen LogP contribution in [0.1, 0.15) is 84.0 Å². The number of carbonyl (C=O) groups excluding carboxylic acids is 2. The molecule has 0 unspecified atom stereocenters. The van der Waals surface area contributed by atoms with E-state index in [9.17, 15) is 14.7 Å². The minimum atomic E-state index is -1.12. The molecule has 0 N–H and O–H groups in total. The molecule has 0 aromatic carbocycles. The van der Waals surface area contributed by atoms with E-state index < -0.39 is 12.2 Å². The van der Waals surface area contributed by atoms with Gasteiger partial charge in [0.15, 0.2) is 0 Å². The molecule has 30 heavy (non-hydrogen) atoms. The first-order chi connectivity index (χ1) is 14.3. The van der Waals surface area contributed by atoms with Crippen molar-refractivity contribution in [2.75, 3.05) is 21.1 Å². The first-order valence-corrected chi connectivity index (χ1v) is 11.4. The van der Waals surface area contributed by atoms with Crippen LogP contribution >= 0.6 is 0 Å². The van der Waals surface area contributed by atoms with Crippen LogP contribution in [0.15, 0.2) is 36.5 Å². The molecule has 0 aliphatic carbocycles. The fourth-order valence-electron chi connectivity index (χ4n) is 2.88. The Kier molecular flexibility index (Phi) is 16.8. The summed E-state index contributed by atoms with van der Waals surface area (Å²) in [7, 11) is 5.66. The predicted octanol–water partition coefficient (Wildman–Crippen LogP) is 4.68. The van der Waals surface area contributed by atoms with E-state index in [0.29, 0.717) is 10.9 Å². The quantitative estimate of drug-likeness (QED) is 0.106. The predicted molar refractivity (Wildman–Crippen MR) is 121 cm³/mol. The van der Waals surface area contributed by atoms with Crippen LogP contribution < -0.4 is 5.11 Å². The zero-order valence-corrected chi connectivity index (χ0v) is 19.6. The van der Waals surface area contributed by atoms with Gasteiger partial charge in [-0.15, -0.1) is 0 Å². The number of hydrogen-bond acceptors (Lipinski definition) is 4. The lowest BCUT2D eigenvalue weighted by Gasteiger charge is -2.33. The standard InChI is InChI=1S/C25H43NO4/c1-5-6-7-8-9-10-11-12-13-14-15-16-17-18-19-20-25(29)30-23(26(2,3)4)21-22-24(27)28/h9-10,12-13,15-16,23H,5-8,11,14,17-22H2,1-4H3/b10-9-,13-12-,16-15-/t23-/m0/s1. The van der Waals surface area contributed by atoms with E-state index in [1.165, 1.54) is 25.7 Å². The molecule has 0 aliphatic rings. The lowest BCUT2D eigenvalue weighted by Crippen LogP contribution is -2.48. The van der Waals surface area contributed by atoms with Gasteiger partial charge in [-0.05, 0) is 51.4 Å². The van der Waals surface area contributed by atoms with Crippen LogP contribution in [0.25, 0.3) is 0 Å². The summed E-state index contributed by atoms with van der Waals surface area (Å²) in [6.07, 6.45) is 22.9. The van der Waals surface area contributed by atoms with Crippen molar-refractivity contribution < 1.29 is 23.9 Å². The highest BCUT2D eigenvalue weighted by Crippen LogP contribution is 2.14.